The molecule has 0 spiro atoms. The summed E-state index contributed by atoms with van der Waals surface area (Å²) >= 11 is 0. The molecule has 2 atom stereocenters. The Morgan fingerprint density at radius 2 is 2.43 bits per heavy atom. The van der Waals surface area contributed by atoms with Gasteiger partial charge in [-0.1, -0.05) is 0 Å². The molecule has 0 aromatic heterocycles. The topological polar surface area (TPSA) is 66.6 Å². The third kappa shape index (κ3) is 1.64. The Morgan fingerprint density at radius 1 is 1.64 bits per heavy atom. The van der Waals surface area contributed by atoms with Crippen molar-refractivity contribution >= 4 is 5.97 Å². The fraction of sp³-hybridized carbons (Fsp3) is 0.900. The van der Waals surface area contributed by atoms with Crippen LogP contribution in [0.1, 0.15) is 25.7 Å². The lowest BCUT2D eigenvalue weighted by atomic mass is 9.81. The Bertz CT molecular complexity index is 230. The molecule has 14 heavy (non-hydrogen) atoms. The molecule has 0 bridgehead atoms. The second-order valence-corrected chi connectivity index (χ2v) is 4.75. The van der Waals surface area contributed by atoms with Crippen molar-refractivity contribution in [2.24, 2.45) is 11.1 Å². The molecule has 0 aromatic carbocycles. The minimum Gasteiger partial charge on any atom is -0.481 e. The normalized spacial score (nSPS) is 37.4. The monoisotopic (exact) mass is 198 g/mol. The van der Waals surface area contributed by atoms with Crippen LogP contribution in [-0.4, -0.2) is 41.7 Å². The number of carbonyl (C=O) groups is 1. The summed E-state index contributed by atoms with van der Waals surface area (Å²) in [4.78, 5) is 13.2. The van der Waals surface area contributed by atoms with E-state index in [0.29, 0.717) is 12.6 Å². The number of aliphatic carboxylic acids is 1. The minimum absolute atomic E-state index is 0.142. The third-order valence-electron chi connectivity index (χ3n) is 3.67. The van der Waals surface area contributed by atoms with Gasteiger partial charge in [0.25, 0.3) is 0 Å². The standard InChI is InChI=1S/C10H18N2O2/c11-6-10(5-9(13)14)4-8-2-1-3-12(8)7-10/h8H,1-7,11H2,(H,13,14). The second kappa shape index (κ2) is 3.51. The Hall–Kier alpha value is -0.610. The molecular weight excluding hydrogens is 180 g/mol. The highest BCUT2D eigenvalue weighted by molar-refractivity contribution is 5.68. The largest absolute Gasteiger partial charge is 0.481 e. The molecule has 2 aliphatic rings. The molecular formula is C10H18N2O2. The van der Waals surface area contributed by atoms with Gasteiger partial charge < -0.3 is 10.8 Å². The van der Waals surface area contributed by atoms with E-state index in [9.17, 15) is 4.79 Å². The van der Waals surface area contributed by atoms with Crippen LogP contribution in [0.4, 0.5) is 0 Å². The molecule has 0 radical (unpaired) electrons. The van der Waals surface area contributed by atoms with Crippen molar-refractivity contribution < 1.29 is 9.90 Å². The van der Waals surface area contributed by atoms with Gasteiger partial charge in [0.15, 0.2) is 0 Å². The smallest absolute Gasteiger partial charge is 0.304 e. The molecule has 3 N–H and O–H groups in total. The zero-order chi connectivity index (χ0) is 10.2. The van der Waals surface area contributed by atoms with Crippen molar-refractivity contribution in [2.75, 3.05) is 19.6 Å². The average Bonchev–Trinajstić information content (AvgIpc) is 2.61. The summed E-state index contributed by atoms with van der Waals surface area (Å²) in [6.45, 7) is 2.53. The number of hydrogen-bond donors (Lipinski definition) is 2. The Morgan fingerprint density at radius 3 is 3.00 bits per heavy atom. The van der Waals surface area contributed by atoms with Crippen molar-refractivity contribution in [3.8, 4) is 0 Å². The predicted molar refractivity (Wildman–Crippen MR) is 53.0 cm³/mol. The zero-order valence-corrected chi connectivity index (χ0v) is 8.41. The van der Waals surface area contributed by atoms with Crippen molar-refractivity contribution in [3.63, 3.8) is 0 Å². The van der Waals surface area contributed by atoms with Crippen LogP contribution in [0.25, 0.3) is 0 Å². The van der Waals surface area contributed by atoms with E-state index < -0.39 is 5.97 Å². The lowest BCUT2D eigenvalue weighted by Gasteiger charge is -2.25. The minimum atomic E-state index is -0.711. The molecule has 0 saturated carbocycles. The van der Waals surface area contributed by atoms with Gasteiger partial charge in [-0.05, 0) is 32.4 Å². The summed E-state index contributed by atoms with van der Waals surface area (Å²) in [5.41, 5.74) is 5.59. The van der Waals surface area contributed by atoms with Crippen LogP contribution in [0, 0.1) is 5.41 Å². The van der Waals surface area contributed by atoms with Gasteiger partial charge in [0.2, 0.25) is 0 Å². The van der Waals surface area contributed by atoms with Gasteiger partial charge in [0.1, 0.15) is 0 Å². The first-order valence-electron chi connectivity index (χ1n) is 5.31. The summed E-state index contributed by atoms with van der Waals surface area (Å²) in [7, 11) is 0. The molecule has 4 heteroatoms. The predicted octanol–water partition coefficient (Wildman–Crippen LogP) is 0.274. The molecule has 4 nitrogen and oxygen atoms in total. The molecule has 2 heterocycles. The molecule has 0 amide bonds. The quantitative estimate of drug-likeness (QED) is 0.683. The van der Waals surface area contributed by atoms with Crippen LogP contribution in [0.5, 0.6) is 0 Å². The van der Waals surface area contributed by atoms with E-state index in [-0.39, 0.29) is 11.8 Å². The number of hydrogen-bond acceptors (Lipinski definition) is 3. The molecule has 2 saturated heterocycles. The first-order chi connectivity index (χ1) is 6.65. The molecule has 0 aliphatic carbocycles. The molecule has 2 unspecified atom stereocenters. The highest BCUT2D eigenvalue weighted by atomic mass is 16.4. The highest BCUT2D eigenvalue weighted by Crippen LogP contribution is 2.41. The van der Waals surface area contributed by atoms with Gasteiger partial charge >= 0.3 is 5.97 Å². The molecule has 80 valence electrons. The number of nitrogens with two attached hydrogens (primary N) is 1. The maximum Gasteiger partial charge on any atom is 0.304 e. The Kier molecular flexibility index (Phi) is 2.49. The van der Waals surface area contributed by atoms with Crippen LogP contribution >= 0.6 is 0 Å². The summed E-state index contributed by atoms with van der Waals surface area (Å²) < 4.78 is 0. The van der Waals surface area contributed by atoms with Crippen molar-refractivity contribution in [2.45, 2.75) is 31.7 Å². The first-order valence-corrected chi connectivity index (χ1v) is 5.31. The van der Waals surface area contributed by atoms with Crippen molar-refractivity contribution in [1.82, 2.24) is 4.90 Å². The summed E-state index contributed by atoms with van der Waals surface area (Å²) in [6.07, 6.45) is 3.70. The molecule has 0 aromatic rings. The van der Waals surface area contributed by atoms with Crippen molar-refractivity contribution in [1.29, 1.82) is 0 Å². The first kappa shape index (κ1) is 9.93. The number of rotatable bonds is 3. The fourth-order valence-corrected chi connectivity index (χ4v) is 3.00. The summed E-state index contributed by atoms with van der Waals surface area (Å²) in [6, 6.07) is 0.609. The highest BCUT2D eigenvalue weighted by Gasteiger charge is 2.45. The van der Waals surface area contributed by atoms with Gasteiger partial charge in [0.05, 0.1) is 6.42 Å². The summed E-state index contributed by atoms with van der Waals surface area (Å²) in [5.74, 6) is -0.711. The number of fused-ring (bicyclic) bond motifs is 1. The van der Waals surface area contributed by atoms with E-state index in [0.717, 1.165) is 19.5 Å². The van der Waals surface area contributed by atoms with Crippen molar-refractivity contribution in [3.05, 3.63) is 0 Å². The van der Waals surface area contributed by atoms with Crippen LogP contribution in [0.2, 0.25) is 0 Å². The third-order valence-corrected chi connectivity index (χ3v) is 3.67. The Balaban J connectivity index is 2.05. The van der Waals surface area contributed by atoms with E-state index in [1.807, 2.05) is 0 Å². The van der Waals surface area contributed by atoms with Gasteiger partial charge in [-0.25, -0.2) is 0 Å². The average molecular weight is 198 g/mol. The van der Waals surface area contributed by atoms with Gasteiger partial charge in [0, 0.05) is 18.0 Å². The van der Waals surface area contributed by atoms with Crippen LogP contribution < -0.4 is 5.73 Å². The molecule has 2 rings (SSSR count). The lowest BCUT2D eigenvalue weighted by molar-refractivity contribution is -0.139. The Labute approximate surface area is 84.1 Å². The maximum absolute atomic E-state index is 10.8. The van der Waals surface area contributed by atoms with Crippen LogP contribution in [-0.2, 0) is 4.79 Å². The van der Waals surface area contributed by atoms with E-state index in [4.69, 9.17) is 10.8 Å². The van der Waals surface area contributed by atoms with E-state index >= 15 is 0 Å². The molecule has 2 fully saturated rings. The van der Waals surface area contributed by atoms with E-state index in [2.05, 4.69) is 4.90 Å². The zero-order valence-electron chi connectivity index (χ0n) is 8.41. The number of nitrogens with zero attached hydrogens (tertiary/aromatic N) is 1. The second-order valence-electron chi connectivity index (χ2n) is 4.75. The fourth-order valence-electron chi connectivity index (χ4n) is 3.00. The SMILES string of the molecule is NCC1(CC(=O)O)CC2CCCN2C1. The van der Waals surface area contributed by atoms with Gasteiger partial charge in [-0.2, -0.15) is 0 Å². The van der Waals surface area contributed by atoms with E-state index in [1.54, 1.807) is 0 Å². The van der Waals surface area contributed by atoms with E-state index in [1.165, 1.54) is 12.8 Å². The van der Waals surface area contributed by atoms with Crippen LogP contribution in [0.15, 0.2) is 0 Å². The number of carboxylic acids is 1. The lowest BCUT2D eigenvalue weighted by Crippen LogP contribution is -2.36. The van der Waals surface area contributed by atoms with Crippen LogP contribution in [0.3, 0.4) is 0 Å². The van der Waals surface area contributed by atoms with Gasteiger partial charge in [-0.15, -0.1) is 0 Å². The number of carboxylic acid groups (broad SMARTS) is 1. The molecule has 2 aliphatic heterocycles. The maximum atomic E-state index is 10.8. The van der Waals surface area contributed by atoms with Gasteiger partial charge in [-0.3, -0.25) is 9.69 Å². The summed E-state index contributed by atoms with van der Waals surface area (Å²) in [5, 5.41) is 8.86.